The number of nitrogens with two attached hydrogens (primary N) is 1. The van der Waals surface area contributed by atoms with Crippen LogP contribution in [0.2, 0.25) is 0 Å². The van der Waals surface area contributed by atoms with Crippen LogP contribution in [0.5, 0.6) is 5.75 Å². The van der Waals surface area contributed by atoms with Crippen molar-refractivity contribution in [3.8, 4) is 5.75 Å². The number of nitrogens with zero attached hydrogens (tertiary/aromatic N) is 1. The van der Waals surface area contributed by atoms with Gasteiger partial charge in [0.05, 0.1) is 7.11 Å². The molecule has 0 amide bonds. The van der Waals surface area contributed by atoms with Gasteiger partial charge in [0.25, 0.3) is 0 Å². The van der Waals surface area contributed by atoms with E-state index in [9.17, 15) is 0 Å². The Hall–Kier alpha value is -0.580. The largest absolute Gasteiger partial charge is 0.497 e. The summed E-state index contributed by atoms with van der Waals surface area (Å²) in [6.07, 6.45) is 6.61. The second kappa shape index (κ2) is 8.01. The molecule has 0 spiro atoms. The SMILES string of the molecule is COc1ccc(Br)c(C(CN)N2CCCCCCC2)c1. The van der Waals surface area contributed by atoms with E-state index < -0.39 is 0 Å². The second-order valence-corrected chi connectivity index (χ2v) is 6.30. The van der Waals surface area contributed by atoms with Gasteiger partial charge in [0, 0.05) is 17.1 Å². The molecule has 1 unspecified atom stereocenters. The Morgan fingerprint density at radius 1 is 1.20 bits per heavy atom. The van der Waals surface area contributed by atoms with Crippen molar-refractivity contribution in [2.45, 2.75) is 38.1 Å². The first-order valence-electron chi connectivity index (χ1n) is 7.54. The predicted octanol–water partition coefficient (Wildman–Crippen LogP) is 3.72. The molecule has 1 atom stereocenters. The third kappa shape index (κ3) is 3.96. The van der Waals surface area contributed by atoms with Gasteiger partial charge in [-0.3, -0.25) is 4.90 Å². The van der Waals surface area contributed by atoms with Crippen LogP contribution in [0.4, 0.5) is 0 Å². The Bertz CT molecular complexity index is 417. The van der Waals surface area contributed by atoms with Crippen LogP contribution in [0.3, 0.4) is 0 Å². The minimum Gasteiger partial charge on any atom is -0.497 e. The molecule has 0 aromatic heterocycles. The van der Waals surface area contributed by atoms with E-state index in [4.69, 9.17) is 10.5 Å². The van der Waals surface area contributed by atoms with E-state index >= 15 is 0 Å². The van der Waals surface area contributed by atoms with Gasteiger partial charge in [-0.05, 0) is 49.7 Å². The van der Waals surface area contributed by atoms with E-state index in [2.05, 4.69) is 33.0 Å². The third-order valence-corrected chi connectivity index (χ3v) is 4.84. The molecule has 1 aromatic rings. The quantitative estimate of drug-likeness (QED) is 0.907. The van der Waals surface area contributed by atoms with Gasteiger partial charge in [-0.1, -0.05) is 35.2 Å². The van der Waals surface area contributed by atoms with E-state index in [1.165, 1.54) is 37.7 Å². The topological polar surface area (TPSA) is 38.5 Å². The molecule has 2 N–H and O–H groups in total. The number of ether oxygens (including phenoxy) is 1. The standard InChI is InChI=1S/C16H25BrN2O/c1-20-13-7-8-15(17)14(11-13)16(12-18)19-9-5-3-2-4-6-10-19/h7-8,11,16H,2-6,9-10,12,18H2,1H3. The fourth-order valence-corrected chi connectivity index (χ4v) is 3.47. The van der Waals surface area contributed by atoms with E-state index in [-0.39, 0.29) is 6.04 Å². The van der Waals surface area contributed by atoms with Gasteiger partial charge in [-0.2, -0.15) is 0 Å². The van der Waals surface area contributed by atoms with Crippen LogP contribution in [0, 0.1) is 0 Å². The molecule has 1 fully saturated rings. The van der Waals surface area contributed by atoms with E-state index in [0.717, 1.165) is 23.3 Å². The molecule has 1 aliphatic rings. The number of benzene rings is 1. The van der Waals surface area contributed by atoms with Crippen LogP contribution >= 0.6 is 15.9 Å². The molecule has 0 radical (unpaired) electrons. The zero-order valence-electron chi connectivity index (χ0n) is 12.3. The number of rotatable bonds is 4. The van der Waals surface area contributed by atoms with Gasteiger partial charge in [0.2, 0.25) is 0 Å². The minimum atomic E-state index is 0.276. The van der Waals surface area contributed by atoms with Crippen molar-refractivity contribution in [1.29, 1.82) is 0 Å². The highest BCUT2D eigenvalue weighted by molar-refractivity contribution is 9.10. The van der Waals surface area contributed by atoms with Crippen molar-refractivity contribution in [1.82, 2.24) is 4.90 Å². The van der Waals surface area contributed by atoms with Crippen LogP contribution < -0.4 is 10.5 Å². The van der Waals surface area contributed by atoms with Crippen LogP contribution in [0.15, 0.2) is 22.7 Å². The molecule has 3 nitrogen and oxygen atoms in total. The summed E-state index contributed by atoms with van der Waals surface area (Å²) in [5.74, 6) is 0.897. The molecule has 1 aliphatic heterocycles. The Kier molecular flexibility index (Phi) is 6.33. The number of methoxy groups -OCH3 is 1. The maximum absolute atomic E-state index is 6.08. The average Bonchev–Trinajstić information content (AvgIpc) is 2.43. The molecule has 0 saturated carbocycles. The van der Waals surface area contributed by atoms with Gasteiger partial charge < -0.3 is 10.5 Å². The highest BCUT2D eigenvalue weighted by Gasteiger charge is 2.22. The first-order valence-corrected chi connectivity index (χ1v) is 8.33. The van der Waals surface area contributed by atoms with Crippen LogP contribution in [-0.4, -0.2) is 31.6 Å². The first kappa shape index (κ1) is 15.8. The number of hydrogen-bond donors (Lipinski definition) is 1. The maximum Gasteiger partial charge on any atom is 0.119 e. The Labute approximate surface area is 130 Å². The van der Waals surface area contributed by atoms with Crippen LogP contribution in [0.1, 0.15) is 43.7 Å². The zero-order chi connectivity index (χ0) is 14.4. The second-order valence-electron chi connectivity index (χ2n) is 5.44. The van der Waals surface area contributed by atoms with Crippen molar-refractivity contribution in [2.75, 3.05) is 26.7 Å². The molecule has 0 bridgehead atoms. The first-order chi connectivity index (χ1) is 9.76. The fraction of sp³-hybridized carbons (Fsp3) is 0.625. The fourth-order valence-electron chi connectivity index (χ4n) is 2.96. The van der Waals surface area contributed by atoms with Crippen molar-refractivity contribution in [2.24, 2.45) is 5.73 Å². The third-order valence-electron chi connectivity index (χ3n) is 4.12. The summed E-state index contributed by atoms with van der Waals surface area (Å²) in [4.78, 5) is 2.54. The summed E-state index contributed by atoms with van der Waals surface area (Å²) in [7, 11) is 1.71. The Morgan fingerprint density at radius 3 is 2.45 bits per heavy atom. The number of likely N-dealkylation sites (tertiary alicyclic amines) is 1. The molecule has 1 saturated heterocycles. The van der Waals surface area contributed by atoms with Gasteiger partial charge in [0.1, 0.15) is 5.75 Å². The van der Waals surface area contributed by atoms with Gasteiger partial charge in [0.15, 0.2) is 0 Å². The van der Waals surface area contributed by atoms with Crippen molar-refractivity contribution < 1.29 is 4.74 Å². The molecular weight excluding hydrogens is 316 g/mol. The Balaban J connectivity index is 2.21. The summed E-state index contributed by atoms with van der Waals surface area (Å²) in [6.45, 7) is 2.93. The lowest BCUT2D eigenvalue weighted by atomic mass is 10.0. The van der Waals surface area contributed by atoms with Crippen molar-refractivity contribution >= 4 is 15.9 Å². The normalized spacial score (nSPS) is 19.1. The highest BCUT2D eigenvalue weighted by Crippen LogP contribution is 2.31. The summed E-state index contributed by atoms with van der Waals surface area (Å²) in [5, 5.41) is 0. The molecule has 20 heavy (non-hydrogen) atoms. The average molecular weight is 341 g/mol. The minimum absolute atomic E-state index is 0.276. The van der Waals surface area contributed by atoms with E-state index in [1.54, 1.807) is 7.11 Å². The molecule has 112 valence electrons. The molecule has 1 aromatic carbocycles. The van der Waals surface area contributed by atoms with Crippen molar-refractivity contribution in [3.05, 3.63) is 28.2 Å². The lowest BCUT2D eigenvalue weighted by Crippen LogP contribution is -2.36. The predicted molar refractivity (Wildman–Crippen MR) is 87.1 cm³/mol. The molecular formula is C16H25BrN2O. The van der Waals surface area contributed by atoms with Gasteiger partial charge in [-0.25, -0.2) is 0 Å². The molecule has 4 heteroatoms. The van der Waals surface area contributed by atoms with Crippen molar-refractivity contribution in [3.63, 3.8) is 0 Å². The summed E-state index contributed by atoms with van der Waals surface area (Å²) >= 11 is 3.66. The van der Waals surface area contributed by atoms with Crippen LogP contribution in [0.25, 0.3) is 0 Å². The number of hydrogen-bond acceptors (Lipinski definition) is 3. The number of halogens is 1. The van der Waals surface area contributed by atoms with E-state index in [1.807, 2.05) is 6.07 Å². The van der Waals surface area contributed by atoms with Gasteiger partial charge in [-0.15, -0.1) is 0 Å². The van der Waals surface area contributed by atoms with Crippen LogP contribution in [-0.2, 0) is 0 Å². The summed E-state index contributed by atoms with van der Waals surface area (Å²) in [6, 6.07) is 6.42. The zero-order valence-corrected chi connectivity index (χ0v) is 13.9. The van der Waals surface area contributed by atoms with Gasteiger partial charge >= 0.3 is 0 Å². The maximum atomic E-state index is 6.08. The highest BCUT2D eigenvalue weighted by atomic mass is 79.9. The molecule has 1 heterocycles. The van der Waals surface area contributed by atoms with E-state index in [0.29, 0.717) is 6.54 Å². The summed E-state index contributed by atoms with van der Waals surface area (Å²) < 4.78 is 6.48. The molecule has 2 rings (SSSR count). The lowest BCUT2D eigenvalue weighted by molar-refractivity contribution is 0.183. The monoisotopic (exact) mass is 340 g/mol. The molecule has 0 aliphatic carbocycles. The lowest BCUT2D eigenvalue weighted by Gasteiger charge is -2.33. The Morgan fingerprint density at radius 2 is 1.85 bits per heavy atom. The smallest absolute Gasteiger partial charge is 0.119 e. The summed E-state index contributed by atoms with van der Waals surface area (Å²) in [5.41, 5.74) is 7.33.